The van der Waals surface area contributed by atoms with Gasteiger partial charge in [0, 0.05) is 19.2 Å². The van der Waals surface area contributed by atoms with Gasteiger partial charge in [-0.2, -0.15) is 0 Å². The van der Waals surface area contributed by atoms with Crippen LogP contribution in [0.4, 0.5) is 0 Å². The number of pyridine rings is 1. The number of carboxylic acid groups (broad SMARTS) is 1. The van der Waals surface area contributed by atoms with Gasteiger partial charge in [-0.3, -0.25) is 9.78 Å². The Hall–Kier alpha value is -1.91. The molecule has 0 aliphatic heterocycles. The van der Waals surface area contributed by atoms with E-state index in [0.29, 0.717) is 0 Å². The Morgan fingerprint density at radius 1 is 1.50 bits per heavy atom. The standard InChI is InChI=1S/C13H15N3O2/c1-13(2)9(10(13)12(17)18)11-15-7-4-5-14-6-8(7)16(11)3/h4-6,9-10H,1-3H3,(H,17,18). The molecule has 0 saturated heterocycles. The van der Waals surface area contributed by atoms with Gasteiger partial charge in [-0.1, -0.05) is 13.8 Å². The number of aromatic nitrogens is 3. The average molecular weight is 245 g/mol. The van der Waals surface area contributed by atoms with Crippen molar-refractivity contribution in [3.63, 3.8) is 0 Å². The van der Waals surface area contributed by atoms with Crippen molar-refractivity contribution in [3.8, 4) is 0 Å². The lowest BCUT2D eigenvalue weighted by Gasteiger charge is -2.02. The molecule has 2 aromatic heterocycles. The molecular formula is C13H15N3O2. The van der Waals surface area contributed by atoms with E-state index < -0.39 is 5.97 Å². The van der Waals surface area contributed by atoms with E-state index >= 15 is 0 Å². The largest absolute Gasteiger partial charge is 0.481 e. The van der Waals surface area contributed by atoms with Crippen LogP contribution >= 0.6 is 0 Å². The van der Waals surface area contributed by atoms with Gasteiger partial charge in [-0.25, -0.2) is 4.98 Å². The lowest BCUT2D eigenvalue weighted by atomic mass is 10.1. The summed E-state index contributed by atoms with van der Waals surface area (Å²) in [6, 6.07) is 1.85. The summed E-state index contributed by atoms with van der Waals surface area (Å²) in [6.07, 6.45) is 3.46. The monoisotopic (exact) mass is 245 g/mol. The predicted molar refractivity (Wildman–Crippen MR) is 66.2 cm³/mol. The molecule has 1 N–H and O–H groups in total. The van der Waals surface area contributed by atoms with Crippen molar-refractivity contribution in [2.45, 2.75) is 19.8 Å². The van der Waals surface area contributed by atoms with E-state index in [4.69, 9.17) is 0 Å². The second-order valence-electron chi connectivity index (χ2n) is 5.51. The molecule has 0 radical (unpaired) electrons. The molecule has 0 spiro atoms. The third-order valence-electron chi connectivity index (χ3n) is 4.09. The molecule has 18 heavy (non-hydrogen) atoms. The topological polar surface area (TPSA) is 68.0 Å². The summed E-state index contributed by atoms with van der Waals surface area (Å²) in [7, 11) is 1.92. The maximum absolute atomic E-state index is 11.2. The van der Waals surface area contributed by atoms with E-state index in [1.165, 1.54) is 0 Å². The van der Waals surface area contributed by atoms with Crippen LogP contribution in [0.1, 0.15) is 25.6 Å². The van der Waals surface area contributed by atoms with E-state index in [0.717, 1.165) is 16.9 Å². The number of fused-ring (bicyclic) bond motifs is 1. The summed E-state index contributed by atoms with van der Waals surface area (Å²) >= 11 is 0. The van der Waals surface area contributed by atoms with Crippen LogP contribution < -0.4 is 0 Å². The van der Waals surface area contributed by atoms with Crippen molar-refractivity contribution in [3.05, 3.63) is 24.3 Å². The van der Waals surface area contributed by atoms with Crippen molar-refractivity contribution >= 4 is 17.0 Å². The van der Waals surface area contributed by atoms with Crippen LogP contribution in [0.15, 0.2) is 18.5 Å². The molecule has 2 atom stereocenters. The van der Waals surface area contributed by atoms with Gasteiger partial charge in [0.15, 0.2) is 0 Å². The molecule has 0 amide bonds. The van der Waals surface area contributed by atoms with E-state index in [1.54, 1.807) is 12.4 Å². The van der Waals surface area contributed by atoms with Crippen molar-refractivity contribution in [1.82, 2.24) is 14.5 Å². The van der Waals surface area contributed by atoms with Gasteiger partial charge in [0.2, 0.25) is 0 Å². The van der Waals surface area contributed by atoms with Crippen LogP contribution in [-0.4, -0.2) is 25.6 Å². The molecule has 5 heteroatoms. The predicted octanol–water partition coefficient (Wildman–Crippen LogP) is 1.79. The first kappa shape index (κ1) is 11.2. The maximum Gasteiger partial charge on any atom is 0.307 e. The lowest BCUT2D eigenvalue weighted by Crippen LogP contribution is -2.03. The number of nitrogens with zero attached hydrogens (tertiary/aromatic N) is 3. The highest BCUT2D eigenvalue weighted by Gasteiger charge is 2.64. The first-order valence-corrected chi connectivity index (χ1v) is 5.93. The van der Waals surface area contributed by atoms with Gasteiger partial charge in [0.1, 0.15) is 5.82 Å². The molecular weight excluding hydrogens is 230 g/mol. The Balaban J connectivity index is 2.12. The highest BCUT2D eigenvalue weighted by atomic mass is 16.4. The number of hydrogen-bond donors (Lipinski definition) is 1. The number of aryl methyl sites for hydroxylation is 1. The van der Waals surface area contributed by atoms with E-state index in [9.17, 15) is 9.90 Å². The summed E-state index contributed by atoms with van der Waals surface area (Å²) in [4.78, 5) is 19.9. The molecule has 5 nitrogen and oxygen atoms in total. The molecule has 2 unspecified atom stereocenters. The Morgan fingerprint density at radius 2 is 2.22 bits per heavy atom. The zero-order valence-corrected chi connectivity index (χ0v) is 10.6. The highest BCUT2D eigenvalue weighted by molar-refractivity contribution is 5.79. The van der Waals surface area contributed by atoms with Crippen molar-refractivity contribution < 1.29 is 9.90 Å². The van der Waals surface area contributed by atoms with Gasteiger partial charge in [-0.05, 0) is 11.5 Å². The minimum atomic E-state index is -0.741. The molecule has 94 valence electrons. The van der Waals surface area contributed by atoms with Crippen molar-refractivity contribution in [2.75, 3.05) is 0 Å². The number of hydrogen-bond acceptors (Lipinski definition) is 3. The van der Waals surface area contributed by atoms with Crippen molar-refractivity contribution in [1.29, 1.82) is 0 Å². The fourth-order valence-corrected chi connectivity index (χ4v) is 2.91. The number of carbonyl (C=O) groups is 1. The fourth-order valence-electron chi connectivity index (χ4n) is 2.91. The highest BCUT2D eigenvalue weighted by Crippen LogP contribution is 2.64. The normalized spacial score (nSPS) is 25.3. The fraction of sp³-hybridized carbons (Fsp3) is 0.462. The molecule has 2 heterocycles. The third-order valence-corrected chi connectivity index (χ3v) is 4.09. The van der Waals surface area contributed by atoms with Gasteiger partial charge in [-0.15, -0.1) is 0 Å². The number of rotatable bonds is 2. The first-order chi connectivity index (χ1) is 8.44. The van der Waals surface area contributed by atoms with Gasteiger partial charge in [0.25, 0.3) is 0 Å². The minimum Gasteiger partial charge on any atom is -0.481 e. The molecule has 1 fully saturated rings. The van der Waals surface area contributed by atoms with Crippen molar-refractivity contribution in [2.24, 2.45) is 18.4 Å². The molecule has 1 saturated carbocycles. The molecule has 2 aromatic rings. The summed E-state index contributed by atoms with van der Waals surface area (Å²) in [5.41, 5.74) is 1.59. The smallest absolute Gasteiger partial charge is 0.307 e. The molecule has 0 aromatic carbocycles. The number of carboxylic acids is 1. The zero-order valence-electron chi connectivity index (χ0n) is 10.6. The van der Waals surface area contributed by atoms with Crippen LogP contribution in [0.5, 0.6) is 0 Å². The summed E-state index contributed by atoms with van der Waals surface area (Å²) in [5.74, 6) is -0.265. The average Bonchev–Trinajstić information content (AvgIpc) is 2.73. The minimum absolute atomic E-state index is 0.0209. The summed E-state index contributed by atoms with van der Waals surface area (Å²) in [6.45, 7) is 3.96. The quantitative estimate of drug-likeness (QED) is 0.875. The Kier molecular flexibility index (Phi) is 2.06. The van der Waals surface area contributed by atoms with Crippen LogP contribution in [0, 0.1) is 11.3 Å². The van der Waals surface area contributed by atoms with Crippen LogP contribution in [-0.2, 0) is 11.8 Å². The van der Waals surface area contributed by atoms with E-state index in [-0.39, 0.29) is 17.3 Å². The Labute approximate surface area is 104 Å². The second-order valence-corrected chi connectivity index (χ2v) is 5.51. The van der Waals surface area contributed by atoms with E-state index in [1.807, 2.05) is 31.5 Å². The number of imidazole rings is 1. The number of aliphatic carboxylic acids is 1. The Morgan fingerprint density at radius 3 is 2.78 bits per heavy atom. The maximum atomic E-state index is 11.2. The van der Waals surface area contributed by atoms with Crippen LogP contribution in [0.2, 0.25) is 0 Å². The Bertz CT molecular complexity index is 645. The van der Waals surface area contributed by atoms with Crippen LogP contribution in [0.3, 0.4) is 0 Å². The van der Waals surface area contributed by atoms with Gasteiger partial charge >= 0.3 is 5.97 Å². The summed E-state index contributed by atoms with van der Waals surface area (Å²) < 4.78 is 1.96. The third kappa shape index (κ3) is 1.30. The van der Waals surface area contributed by atoms with Gasteiger partial charge in [0.05, 0.1) is 23.1 Å². The van der Waals surface area contributed by atoms with E-state index in [2.05, 4.69) is 9.97 Å². The zero-order chi connectivity index (χ0) is 13.1. The van der Waals surface area contributed by atoms with Crippen LogP contribution in [0.25, 0.3) is 11.0 Å². The first-order valence-electron chi connectivity index (χ1n) is 5.93. The SMILES string of the molecule is Cn1c(C2C(C(=O)O)C2(C)C)nc2ccncc21. The summed E-state index contributed by atoms with van der Waals surface area (Å²) in [5, 5.41) is 9.24. The molecule has 3 rings (SSSR count). The lowest BCUT2D eigenvalue weighted by molar-refractivity contribution is -0.139. The molecule has 1 aliphatic carbocycles. The second kappa shape index (κ2) is 3.31. The molecule has 1 aliphatic rings. The molecule has 0 bridgehead atoms. The van der Waals surface area contributed by atoms with Gasteiger partial charge < -0.3 is 9.67 Å².